The van der Waals surface area contributed by atoms with Gasteiger partial charge < -0.3 is 0 Å². The van der Waals surface area contributed by atoms with Crippen molar-refractivity contribution in [1.82, 2.24) is 9.97 Å². The predicted molar refractivity (Wildman–Crippen MR) is 233 cm³/mol. The molecule has 0 saturated carbocycles. The van der Waals surface area contributed by atoms with E-state index in [1.165, 1.54) is 48.0 Å². The van der Waals surface area contributed by atoms with E-state index in [1.54, 1.807) is 0 Å². The first kappa shape index (κ1) is 32.7. The number of hydrogen-bond acceptors (Lipinski definition) is 3. The van der Waals surface area contributed by atoms with Crippen LogP contribution in [0.15, 0.2) is 206 Å². The number of rotatable bonds is 7. The van der Waals surface area contributed by atoms with Crippen molar-refractivity contribution in [3.8, 4) is 78.4 Å². The molecule has 0 radical (unpaired) electrons. The van der Waals surface area contributed by atoms with Gasteiger partial charge in [0.1, 0.15) is 0 Å². The molecule has 2 heterocycles. The summed E-state index contributed by atoms with van der Waals surface area (Å²) < 4.78 is 2.59. The second kappa shape index (κ2) is 14.1. The molecule has 0 bridgehead atoms. The maximum Gasteiger partial charge on any atom is 0.160 e. The minimum Gasteiger partial charge on any atom is -0.228 e. The average molecular weight is 719 g/mol. The Morgan fingerprint density at radius 1 is 0.291 bits per heavy atom. The molecule has 2 nitrogen and oxygen atoms in total. The van der Waals surface area contributed by atoms with E-state index in [2.05, 4.69) is 188 Å². The molecule has 0 aliphatic heterocycles. The van der Waals surface area contributed by atoms with E-state index in [0.717, 1.165) is 44.8 Å². The maximum absolute atomic E-state index is 5.28. The lowest BCUT2D eigenvalue weighted by Crippen LogP contribution is -1.96. The molecule has 8 aromatic carbocycles. The minimum atomic E-state index is 0.700. The third-order valence-electron chi connectivity index (χ3n) is 10.3. The monoisotopic (exact) mass is 718 g/mol. The Morgan fingerprint density at radius 3 is 1.38 bits per heavy atom. The fourth-order valence-corrected chi connectivity index (χ4v) is 8.72. The first-order valence-electron chi connectivity index (χ1n) is 18.6. The van der Waals surface area contributed by atoms with Crippen molar-refractivity contribution in [2.45, 2.75) is 0 Å². The standard InChI is InChI=1S/C52H34N2S/c1-4-13-35(14-5-1)37-23-25-39(26-24-37)42-31-43(45-20-12-21-47-46-19-10-11-22-50(46)55-51(45)47)33-44(32-42)49-34-48(53-52(54-49)41-17-8-3-9-18-41)40-29-27-38(28-30-40)36-15-6-2-7-16-36/h1-34H. The molecule has 0 amide bonds. The van der Waals surface area contributed by atoms with Crippen molar-refractivity contribution in [3.05, 3.63) is 206 Å². The molecular formula is C52H34N2S. The van der Waals surface area contributed by atoms with Gasteiger partial charge in [-0.1, -0.05) is 176 Å². The summed E-state index contributed by atoms with van der Waals surface area (Å²) in [5.41, 5.74) is 14.3. The smallest absolute Gasteiger partial charge is 0.160 e. The summed E-state index contributed by atoms with van der Waals surface area (Å²) in [6.07, 6.45) is 0. The molecule has 3 heteroatoms. The summed E-state index contributed by atoms with van der Waals surface area (Å²) in [5.74, 6) is 0.700. The van der Waals surface area contributed by atoms with E-state index in [-0.39, 0.29) is 0 Å². The van der Waals surface area contributed by atoms with E-state index in [9.17, 15) is 0 Å². The summed E-state index contributed by atoms with van der Waals surface area (Å²) in [6.45, 7) is 0. The Hall–Kier alpha value is -6.94. The van der Waals surface area contributed by atoms with Gasteiger partial charge in [-0.25, -0.2) is 9.97 Å². The summed E-state index contributed by atoms with van der Waals surface area (Å²) >= 11 is 1.86. The summed E-state index contributed by atoms with van der Waals surface area (Å²) in [6, 6.07) is 73.4. The first-order chi connectivity index (χ1) is 27.2. The number of fused-ring (bicyclic) bond motifs is 3. The first-order valence-corrected chi connectivity index (χ1v) is 19.4. The van der Waals surface area contributed by atoms with E-state index >= 15 is 0 Å². The van der Waals surface area contributed by atoms with Crippen molar-refractivity contribution in [2.75, 3.05) is 0 Å². The van der Waals surface area contributed by atoms with Crippen LogP contribution < -0.4 is 0 Å². The number of aromatic nitrogens is 2. The average Bonchev–Trinajstić information content (AvgIpc) is 3.66. The summed E-state index contributed by atoms with van der Waals surface area (Å²) in [7, 11) is 0. The van der Waals surface area contributed by atoms with Crippen molar-refractivity contribution < 1.29 is 0 Å². The minimum absolute atomic E-state index is 0.700. The highest BCUT2D eigenvalue weighted by molar-refractivity contribution is 7.26. The molecule has 0 fully saturated rings. The van der Waals surface area contributed by atoms with Crippen molar-refractivity contribution in [3.63, 3.8) is 0 Å². The second-order valence-electron chi connectivity index (χ2n) is 13.8. The molecule has 0 aliphatic rings. The van der Waals surface area contributed by atoms with Gasteiger partial charge in [-0.15, -0.1) is 11.3 Å². The van der Waals surface area contributed by atoms with Crippen LogP contribution >= 0.6 is 11.3 Å². The van der Waals surface area contributed by atoms with Crippen LogP contribution in [0.5, 0.6) is 0 Å². The van der Waals surface area contributed by atoms with Crippen LogP contribution in [0.4, 0.5) is 0 Å². The predicted octanol–water partition coefficient (Wildman–Crippen LogP) is 14.5. The molecule has 0 saturated heterocycles. The van der Waals surface area contributed by atoms with Crippen LogP contribution in [-0.4, -0.2) is 9.97 Å². The Kier molecular flexibility index (Phi) is 8.40. The van der Waals surface area contributed by atoms with Crippen molar-refractivity contribution >= 4 is 31.5 Å². The van der Waals surface area contributed by atoms with Crippen LogP contribution in [0.2, 0.25) is 0 Å². The van der Waals surface area contributed by atoms with E-state index in [4.69, 9.17) is 9.97 Å². The van der Waals surface area contributed by atoms with Gasteiger partial charge in [0.2, 0.25) is 0 Å². The highest BCUT2D eigenvalue weighted by atomic mass is 32.1. The number of hydrogen-bond donors (Lipinski definition) is 0. The molecule has 258 valence electrons. The van der Waals surface area contributed by atoms with Crippen molar-refractivity contribution in [2.24, 2.45) is 0 Å². The van der Waals surface area contributed by atoms with Gasteiger partial charge in [-0.05, 0) is 74.8 Å². The third kappa shape index (κ3) is 6.41. The molecule has 2 aromatic heterocycles. The molecular weight excluding hydrogens is 685 g/mol. The molecule has 0 aliphatic carbocycles. The Labute approximate surface area is 324 Å². The number of thiophene rings is 1. The second-order valence-corrected chi connectivity index (χ2v) is 14.8. The molecule has 55 heavy (non-hydrogen) atoms. The van der Waals surface area contributed by atoms with Gasteiger partial charge in [-0.3, -0.25) is 0 Å². The zero-order valence-electron chi connectivity index (χ0n) is 29.9. The highest BCUT2D eigenvalue weighted by Crippen LogP contribution is 2.42. The topological polar surface area (TPSA) is 25.8 Å². The molecule has 10 rings (SSSR count). The van der Waals surface area contributed by atoms with Crippen LogP contribution in [0.25, 0.3) is 98.6 Å². The van der Waals surface area contributed by atoms with Crippen LogP contribution in [0, 0.1) is 0 Å². The Bertz CT molecular complexity index is 2930. The van der Waals surface area contributed by atoms with Crippen molar-refractivity contribution in [1.29, 1.82) is 0 Å². The molecule has 0 spiro atoms. The lowest BCUT2D eigenvalue weighted by atomic mass is 9.93. The third-order valence-corrected chi connectivity index (χ3v) is 11.5. The lowest BCUT2D eigenvalue weighted by molar-refractivity contribution is 1.18. The van der Waals surface area contributed by atoms with E-state index in [0.29, 0.717) is 5.82 Å². The molecule has 0 unspecified atom stereocenters. The zero-order valence-corrected chi connectivity index (χ0v) is 30.7. The number of benzene rings is 8. The van der Waals surface area contributed by atoms with Gasteiger partial charge in [0.05, 0.1) is 11.4 Å². The van der Waals surface area contributed by atoms with E-state index < -0.39 is 0 Å². The van der Waals surface area contributed by atoms with E-state index in [1.807, 2.05) is 29.5 Å². The van der Waals surface area contributed by atoms with Gasteiger partial charge in [-0.2, -0.15) is 0 Å². The Morgan fingerprint density at radius 2 is 0.745 bits per heavy atom. The van der Waals surface area contributed by atoms with Gasteiger partial charge in [0.15, 0.2) is 5.82 Å². The van der Waals surface area contributed by atoms with Gasteiger partial charge in [0.25, 0.3) is 0 Å². The summed E-state index contributed by atoms with van der Waals surface area (Å²) in [5, 5.41) is 2.58. The maximum atomic E-state index is 5.28. The lowest BCUT2D eigenvalue weighted by Gasteiger charge is -2.14. The fourth-order valence-electron chi connectivity index (χ4n) is 7.48. The summed E-state index contributed by atoms with van der Waals surface area (Å²) in [4.78, 5) is 10.4. The zero-order chi connectivity index (χ0) is 36.6. The van der Waals surface area contributed by atoms with Gasteiger partial charge in [0, 0.05) is 36.9 Å². The van der Waals surface area contributed by atoms with Crippen LogP contribution in [0.1, 0.15) is 0 Å². The molecule has 0 N–H and O–H groups in total. The Balaban J connectivity index is 1.16. The van der Waals surface area contributed by atoms with Crippen LogP contribution in [0.3, 0.4) is 0 Å². The largest absolute Gasteiger partial charge is 0.228 e. The SMILES string of the molecule is c1ccc(-c2ccc(-c3cc(-c4cc(-c5ccc(-c6ccccc6)cc5)nc(-c5ccccc5)n4)cc(-c4cccc5c4sc4ccccc45)c3)cc2)cc1. The normalized spacial score (nSPS) is 11.3. The molecule has 0 atom stereocenters. The highest BCUT2D eigenvalue weighted by Gasteiger charge is 2.16. The van der Waals surface area contributed by atoms with Gasteiger partial charge >= 0.3 is 0 Å². The van der Waals surface area contributed by atoms with Crippen LogP contribution in [-0.2, 0) is 0 Å². The molecule has 10 aromatic rings. The number of nitrogens with zero attached hydrogens (tertiary/aromatic N) is 2. The fraction of sp³-hybridized carbons (Fsp3) is 0. The quantitative estimate of drug-likeness (QED) is 0.164.